The van der Waals surface area contributed by atoms with Gasteiger partial charge < -0.3 is 16.8 Å². The average molecular weight is 269 g/mol. The zero-order valence-electron chi connectivity index (χ0n) is 9.69. The van der Waals surface area contributed by atoms with Crippen molar-refractivity contribution in [2.75, 3.05) is 11.6 Å². The Balaban J connectivity index is 3.14. The second-order valence-electron chi connectivity index (χ2n) is 3.52. The molecule has 1 aromatic carbocycles. The number of anilines is 1. The molecular weight excluding hydrogens is 254 g/mol. The van der Waals surface area contributed by atoms with Crippen molar-refractivity contribution in [1.29, 1.82) is 0 Å². The van der Waals surface area contributed by atoms with Crippen LogP contribution in [-0.4, -0.2) is 23.2 Å². The molecule has 0 aliphatic rings. The quantitative estimate of drug-likeness (QED) is 0.555. The largest absolute Gasteiger partial charge is 0.389 e. The van der Waals surface area contributed by atoms with Gasteiger partial charge in [-0.25, -0.2) is 0 Å². The number of hydrogen-bond acceptors (Lipinski definition) is 4. The van der Waals surface area contributed by atoms with Crippen LogP contribution in [0.1, 0.15) is 12.5 Å². The fraction of sp³-hybridized carbons (Fsp3) is 0.273. The van der Waals surface area contributed by atoms with Gasteiger partial charge in [0, 0.05) is 16.1 Å². The summed E-state index contributed by atoms with van der Waals surface area (Å²) in [5, 5.41) is 3.01. The molecule has 0 aromatic heterocycles. The van der Waals surface area contributed by atoms with Gasteiger partial charge in [-0.1, -0.05) is 18.3 Å². The number of hydrogen-bond donors (Lipinski definition) is 3. The Bertz CT molecular complexity index is 448. The van der Waals surface area contributed by atoms with Crippen molar-refractivity contribution in [2.24, 2.45) is 11.5 Å². The number of rotatable bonds is 5. The highest BCUT2D eigenvalue weighted by Gasteiger charge is 2.14. The summed E-state index contributed by atoms with van der Waals surface area (Å²) < 4.78 is 0. The Hall–Kier alpha value is -1.27. The van der Waals surface area contributed by atoms with E-state index in [0.717, 1.165) is 16.1 Å². The first-order valence-corrected chi connectivity index (χ1v) is 6.63. The summed E-state index contributed by atoms with van der Waals surface area (Å²) in [6.45, 7) is 1.69. The maximum atomic E-state index is 11.0. The Morgan fingerprint density at radius 2 is 2.12 bits per heavy atom. The minimum atomic E-state index is -0.472. The van der Waals surface area contributed by atoms with Crippen LogP contribution in [-0.2, 0) is 4.79 Å². The zero-order valence-corrected chi connectivity index (χ0v) is 11.3. The first-order valence-electron chi connectivity index (χ1n) is 5.00. The smallest absolute Gasteiger partial charge is 0.239 e. The van der Waals surface area contributed by atoms with Gasteiger partial charge in [0.25, 0.3) is 0 Å². The van der Waals surface area contributed by atoms with Crippen LogP contribution in [0.15, 0.2) is 23.1 Å². The molecule has 1 rings (SSSR count). The van der Waals surface area contributed by atoms with Crippen LogP contribution >= 0.6 is 24.0 Å². The Morgan fingerprint density at radius 3 is 2.59 bits per heavy atom. The van der Waals surface area contributed by atoms with Gasteiger partial charge in [-0.3, -0.25) is 4.79 Å². The van der Waals surface area contributed by atoms with Crippen LogP contribution < -0.4 is 16.8 Å². The van der Waals surface area contributed by atoms with Crippen LogP contribution in [0.3, 0.4) is 0 Å². The Morgan fingerprint density at radius 1 is 1.47 bits per heavy atom. The van der Waals surface area contributed by atoms with E-state index < -0.39 is 11.9 Å². The molecule has 0 heterocycles. The van der Waals surface area contributed by atoms with E-state index >= 15 is 0 Å². The molecule has 4 nitrogen and oxygen atoms in total. The molecule has 92 valence electrons. The SMILES string of the molecule is CSc1cccc(NC(C)C(N)=O)c1C(N)=S. The first kappa shape index (κ1) is 13.8. The maximum absolute atomic E-state index is 11.0. The van der Waals surface area contributed by atoms with E-state index in [1.165, 1.54) is 0 Å². The molecule has 5 N–H and O–H groups in total. The Kier molecular flexibility index (Phi) is 4.77. The van der Waals surface area contributed by atoms with Crippen molar-refractivity contribution >= 4 is 40.6 Å². The molecule has 1 aromatic rings. The number of primary amides is 1. The molecule has 0 bridgehead atoms. The minimum absolute atomic E-state index is 0.300. The molecule has 0 aliphatic heterocycles. The molecule has 0 saturated heterocycles. The molecular formula is C11H15N3OS2. The van der Waals surface area contributed by atoms with Crippen LogP contribution in [0.2, 0.25) is 0 Å². The van der Waals surface area contributed by atoms with E-state index in [2.05, 4.69) is 5.32 Å². The third kappa shape index (κ3) is 3.34. The fourth-order valence-corrected chi connectivity index (χ4v) is 2.30. The van der Waals surface area contributed by atoms with Crippen LogP contribution in [0.25, 0.3) is 0 Å². The fourth-order valence-electron chi connectivity index (χ4n) is 1.38. The molecule has 0 aliphatic carbocycles. The normalized spacial score (nSPS) is 11.9. The van der Waals surface area contributed by atoms with E-state index in [0.29, 0.717) is 4.99 Å². The number of carbonyl (C=O) groups is 1. The predicted octanol–water partition coefficient (Wildman–Crippen LogP) is 1.33. The number of nitrogens with two attached hydrogens (primary N) is 2. The highest BCUT2D eigenvalue weighted by molar-refractivity contribution is 7.98. The molecule has 0 fully saturated rings. The third-order valence-electron chi connectivity index (χ3n) is 2.29. The highest BCUT2D eigenvalue weighted by atomic mass is 32.2. The van der Waals surface area contributed by atoms with E-state index in [1.54, 1.807) is 18.7 Å². The molecule has 0 radical (unpaired) electrons. The minimum Gasteiger partial charge on any atom is -0.389 e. The number of thiocarbonyl (C=S) groups is 1. The average Bonchev–Trinajstić information content (AvgIpc) is 2.27. The molecule has 1 atom stereocenters. The van der Waals surface area contributed by atoms with Gasteiger partial charge in [-0.05, 0) is 25.3 Å². The van der Waals surface area contributed by atoms with Gasteiger partial charge in [0.15, 0.2) is 0 Å². The zero-order chi connectivity index (χ0) is 13.0. The van der Waals surface area contributed by atoms with Crippen LogP contribution in [0.4, 0.5) is 5.69 Å². The topological polar surface area (TPSA) is 81.1 Å². The maximum Gasteiger partial charge on any atom is 0.239 e. The first-order chi connectivity index (χ1) is 7.97. The van der Waals surface area contributed by atoms with Gasteiger partial charge in [-0.2, -0.15) is 0 Å². The van der Waals surface area contributed by atoms with Crippen molar-refractivity contribution in [3.8, 4) is 0 Å². The lowest BCUT2D eigenvalue weighted by atomic mass is 10.1. The van der Waals surface area contributed by atoms with E-state index in [9.17, 15) is 4.79 Å². The monoisotopic (exact) mass is 269 g/mol. The summed E-state index contributed by atoms with van der Waals surface area (Å²) in [7, 11) is 0. The Labute approximate surface area is 110 Å². The van der Waals surface area contributed by atoms with E-state index in [4.69, 9.17) is 23.7 Å². The van der Waals surface area contributed by atoms with Gasteiger partial charge in [-0.15, -0.1) is 11.8 Å². The van der Waals surface area contributed by atoms with Gasteiger partial charge >= 0.3 is 0 Å². The number of benzene rings is 1. The number of amides is 1. The van der Waals surface area contributed by atoms with Crippen molar-refractivity contribution in [1.82, 2.24) is 0 Å². The predicted molar refractivity (Wildman–Crippen MR) is 76.4 cm³/mol. The molecule has 17 heavy (non-hydrogen) atoms. The lowest BCUT2D eigenvalue weighted by Crippen LogP contribution is -2.33. The van der Waals surface area contributed by atoms with Crippen molar-refractivity contribution < 1.29 is 4.79 Å². The summed E-state index contributed by atoms with van der Waals surface area (Å²) in [6.07, 6.45) is 1.94. The molecule has 0 saturated carbocycles. The van der Waals surface area contributed by atoms with Crippen molar-refractivity contribution in [3.05, 3.63) is 23.8 Å². The van der Waals surface area contributed by atoms with Crippen molar-refractivity contribution in [2.45, 2.75) is 17.9 Å². The van der Waals surface area contributed by atoms with Gasteiger partial charge in [0.2, 0.25) is 5.91 Å². The number of nitrogens with one attached hydrogen (secondary N) is 1. The number of thioether (sulfide) groups is 1. The van der Waals surface area contributed by atoms with E-state index in [1.807, 2.05) is 24.5 Å². The third-order valence-corrected chi connectivity index (χ3v) is 3.28. The lowest BCUT2D eigenvalue weighted by molar-refractivity contribution is -0.118. The molecule has 1 amide bonds. The lowest BCUT2D eigenvalue weighted by Gasteiger charge is -2.17. The standard InChI is InChI=1S/C11H15N3OS2/c1-6(10(12)15)14-7-4-3-5-8(17-2)9(7)11(13)16/h3-6,14H,1-2H3,(H2,12,15)(H2,13,16). The number of carbonyl (C=O) groups excluding carboxylic acids is 1. The summed E-state index contributed by atoms with van der Waals surface area (Å²) >= 11 is 6.58. The van der Waals surface area contributed by atoms with Crippen LogP contribution in [0.5, 0.6) is 0 Å². The molecule has 6 heteroatoms. The van der Waals surface area contributed by atoms with Crippen molar-refractivity contribution in [3.63, 3.8) is 0 Å². The molecule has 1 unspecified atom stereocenters. The highest BCUT2D eigenvalue weighted by Crippen LogP contribution is 2.27. The summed E-state index contributed by atoms with van der Waals surface area (Å²) in [5.41, 5.74) is 12.4. The second-order valence-corrected chi connectivity index (χ2v) is 4.80. The summed E-state index contributed by atoms with van der Waals surface area (Å²) in [6, 6.07) is 5.16. The van der Waals surface area contributed by atoms with E-state index in [-0.39, 0.29) is 0 Å². The van der Waals surface area contributed by atoms with Gasteiger partial charge in [0.1, 0.15) is 11.0 Å². The summed E-state index contributed by atoms with van der Waals surface area (Å²) in [5.74, 6) is -0.423. The summed E-state index contributed by atoms with van der Waals surface area (Å²) in [4.78, 5) is 12.3. The second kappa shape index (κ2) is 5.88. The van der Waals surface area contributed by atoms with Gasteiger partial charge in [0.05, 0.1) is 0 Å². The van der Waals surface area contributed by atoms with Crippen LogP contribution in [0, 0.1) is 0 Å². The molecule has 0 spiro atoms.